The van der Waals surface area contributed by atoms with E-state index in [1.807, 2.05) is 49.5 Å². The molecule has 0 radical (unpaired) electrons. The Morgan fingerprint density at radius 2 is 2.05 bits per heavy atom. The molecule has 2 N–H and O–H groups in total. The second-order valence-corrected chi connectivity index (χ2v) is 5.09. The summed E-state index contributed by atoms with van der Waals surface area (Å²) in [4.78, 5) is 15.5. The molecule has 3 rings (SSSR count). The van der Waals surface area contributed by atoms with Crippen molar-refractivity contribution in [1.29, 1.82) is 0 Å². The number of amides is 1. The Labute approximate surface area is 121 Å². The average Bonchev–Trinajstić information content (AvgIpc) is 2.90. The van der Waals surface area contributed by atoms with Gasteiger partial charge in [-0.3, -0.25) is 4.79 Å². The van der Waals surface area contributed by atoms with Gasteiger partial charge in [0.05, 0.1) is 0 Å². The fourth-order valence-corrected chi connectivity index (χ4v) is 2.47. The predicted octanol–water partition coefficient (Wildman–Crippen LogP) is 4.38. The van der Waals surface area contributed by atoms with Gasteiger partial charge in [-0.25, -0.2) is 0 Å². The lowest BCUT2D eigenvalue weighted by Crippen LogP contribution is -2.13. The Morgan fingerprint density at radius 1 is 1.20 bits per heavy atom. The number of carbonyl (C=O) groups excluding carboxylic acids is 1. The summed E-state index contributed by atoms with van der Waals surface area (Å²) in [5.74, 6) is -0.124. The van der Waals surface area contributed by atoms with Crippen LogP contribution in [-0.4, -0.2) is 10.9 Å². The van der Waals surface area contributed by atoms with Gasteiger partial charge in [0.25, 0.3) is 5.91 Å². The molecule has 1 aromatic heterocycles. The fourth-order valence-electron chi connectivity index (χ4n) is 2.24. The van der Waals surface area contributed by atoms with Gasteiger partial charge in [-0.05, 0) is 48.9 Å². The first-order valence-corrected chi connectivity index (χ1v) is 6.66. The van der Waals surface area contributed by atoms with Crippen molar-refractivity contribution in [3.63, 3.8) is 0 Å². The Kier molecular flexibility index (Phi) is 3.20. The fraction of sp³-hybridized carbons (Fsp3) is 0.0625. The Morgan fingerprint density at radius 3 is 2.85 bits per heavy atom. The van der Waals surface area contributed by atoms with E-state index in [9.17, 15) is 4.79 Å². The molecule has 3 nitrogen and oxygen atoms in total. The van der Waals surface area contributed by atoms with E-state index < -0.39 is 0 Å². The van der Waals surface area contributed by atoms with Gasteiger partial charge in [-0.1, -0.05) is 17.7 Å². The molecule has 3 aromatic rings. The molecule has 1 amide bonds. The second-order valence-electron chi connectivity index (χ2n) is 4.66. The third kappa shape index (κ3) is 2.28. The van der Waals surface area contributed by atoms with Crippen molar-refractivity contribution in [3.8, 4) is 0 Å². The zero-order valence-corrected chi connectivity index (χ0v) is 11.7. The highest BCUT2D eigenvalue weighted by Gasteiger charge is 2.11. The lowest BCUT2D eigenvalue weighted by atomic mass is 10.1. The van der Waals surface area contributed by atoms with Gasteiger partial charge >= 0.3 is 0 Å². The van der Waals surface area contributed by atoms with Crippen LogP contribution in [0.2, 0.25) is 5.02 Å². The van der Waals surface area contributed by atoms with Crippen LogP contribution in [-0.2, 0) is 0 Å². The van der Waals surface area contributed by atoms with Gasteiger partial charge in [-0.15, -0.1) is 0 Å². The molecule has 0 atom stereocenters. The van der Waals surface area contributed by atoms with Gasteiger partial charge in [0, 0.05) is 33.4 Å². The topological polar surface area (TPSA) is 44.9 Å². The van der Waals surface area contributed by atoms with Crippen molar-refractivity contribution in [2.75, 3.05) is 5.32 Å². The monoisotopic (exact) mass is 284 g/mol. The third-order valence-electron chi connectivity index (χ3n) is 3.28. The highest BCUT2D eigenvalue weighted by molar-refractivity contribution is 6.30. The average molecular weight is 285 g/mol. The summed E-state index contributed by atoms with van der Waals surface area (Å²) in [5, 5.41) is 4.50. The summed E-state index contributed by atoms with van der Waals surface area (Å²) in [6, 6.07) is 12.9. The summed E-state index contributed by atoms with van der Waals surface area (Å²) < 4.78 is 0. The molecule has 0 saturated heterocycles. The first-order chi connectivity index (χ1) is 9.65. The number of aryl methyl sites for hydroxylation is 1. The van der Waals surface area contributed by atoms with E-state index in [1.54, 1.807) is 6.07 Å². The minimum atomic E-state index is -0.124. The van der Waals surface area contributed by atoms with Gasteiger partial charge in [-0.2, -0.15) is 0 Å². The van der Waals surface area contributed by atoms with E-state index in [2.05, 4.69) is 10.3 Å². The number of hydrogen-bond acceptors (Lipinski definition) is 1. The number of H-pyrrole nitrogens is 1. The van der Waals surface area contributed by atoms with Gasteiger partial charge in [0.1, 0.15) is 0 Å². The first-order valence-electron chi connectivity index (χ1n) is 6.29. The highest BCUT2D eigenvalue weighted by atomic mass is 35.5. The van der Waals surface area contributed by atoms with Crippen LogP contribution in [0, 0.1) is 6.92 Å². The van der Waals surface area contributed by atoms with E-state index in [0.717, 1.165) is 22.2 Å². The maximum atomic E-state index is 12.4. The van der Waals surface area contributed by atoms with Crippen molar-refractivity contribution < 1.29 is 4.79 Å². The largest absolute Gasteiger partial charge is 0.361 e. The van der Waals surface area contributed by atoms with Crippen LogP contribution in [0.3, 0.4) is 0 Å². The predicted molar refractivity (Wildman–Crippen MR) is 82.4 cm³/mol. The third-order valence-corrected chi connectivity index (χ3v) is 3.51. The van der Waals surface area contributed by atoms with Crippen LogP contribution < -0.4 is 5.32 Å². The van der Waals surface area contributed by atoms with E-state index >= 15 is 0 Å². The van der Waals surface area contributed by atoms with Gasteiger partial charge in [0.15, 0.2) is 0 Å². The Hall–Kier alpha value is -2.26. The van der Waals surface area contributed by atoms with Crippen LogP contribution in [0.5, 0.6) is 0 Å². The number of aromatic nitrogens is 1. The molecule has 4 heteroatoms. The summed E-state index contributed by atoms with van der Waals surface area (Å²) in [7, 11) is 0. The zero-order chi connectivity index (χ0) is 14.1. The number of carbonyl (C=O) groups is 1. The normalized spacial score (nSPS) is 10.7. The molecule has 0 saturated carbocycles. The molecule has 1 heterocycles. The number of fused-ring (bicyclic) bond motifs is 1. The molecule has 0 bridgehead atoms. The molecule has 0 aliphatic heterocycles. The summed E-state index contributed by atoms with van der Waals surface area (Å²) in [6.07, 6.45) is 1.83. The minimum absolute atomic E-state index is 0.124. The quantitative estimate of drug-likeness (QED) is 0.720. The zero-order valence-electron chi connectivity index (χ0n) is 10.9. The SMILES string of the molecule is Cc1cc(Cl)ccc1NC(=O)c1cccc2[nH]ccc12. The summed E-state index contributed by atoms with van der Waals surface area (Å²) in [6.45, 7) is 1.92. The molecule has 100 valence electrons. The lowest BCUT2D eigenvalue weighted by Gasteiger charge is -2.09. The maximum Gasteiger partial charge on any atom is 0.256 e. The molecule has 0 spiro atoms. The molecule has 0 unspecified atom stereocenters. The Balaban J connectivity index is 1.95. The van der Waals surface area contributed by atoms with Gasteiger partial charge in [0.2, 0.25) is 0 Å². The van der Waals surface area contributed by atoms with Crippen LogP contribution >= 0.6 is 11.6 Å². The summed E-state index contributed by atoms with van der Waals surface area (Å²) >= 11 is 5.92. The van der Waals surface area contributed by atoms with E-state index in [4.69, 9.17) is 11.6 Å². The number of nitrogens with one attached hydrogen (secondary N) is 2. The van der Waals surface area contributed by atoms with Crippen molar-refractivity contribution >= 4 is 34.1 Å². The van der Waals surface area contributed by atoms with Crippen molar-refractivity contribution in [2.45, 2.75) is 6.92 Å². The van der Waals surface area contributed by atoms with Crippen LogP contribution in [0.25, 0.3) is 10.9 Å². The molecule has 0 aliphatic rings. The Bertz CT molecular complexity index is 792. The highest BCUT2D eigenvalue weighted by Crippen LogP contribution is 2.22. The standard InChI is InChI=1S/C16H13ClN2O/c1-10-9-11(17)5-6-14(10)19-16(20)13-3-2-4-15-12(13)7-8-18-15/h2-9,18H,1H3,(H,19,20). The number of benzene rings is 2. The number of rotatable bonds is 2. The second kappa shape index (κ2) is 5.02. The van der Waals surface area contributed by atoms with Crippen LogP contribution in [0.15, 0.2) is 48.7 Å². The van der Waals surface area contributed by atoms with Crippen molar-refractivity contribution in [1.82, 2.24) is 4.98 Å². The first kappa shape index (κ1) is 12.8. The number of anilines is 1. The lowest BCUT2D eigenvalue weighted by molar-refractivity contribution is 0.102. The minimum Gasteiger partial charge on any atom is -0.361 e. The van der Waals surface area contributed by atoms with Crippen molar-refractivity contribution in [2.24, 2.45) is 0 Å². The number of hydrogen-bond donors (Lipinski definition) is 2. The molecule has 0 fully saturated rings. The van der Waals surface area contributed by atoms with Crippen LogP contribution in [0.1, 0.15) is 15.9 Å². The van der Waals surface area contributed by atoms with E-state index in [1.165, 1.54) is 0 Å². The van der Waals surface area contributed by atoms with Crippen LogP contribution in [0.4, 0.5) is 5.69 Å². The molecule has 20 heavy (non-hydrogen) atoms. The maximum absolute atomic E-state index is 12.4. The van der Waals surface area contributed by atoms with E-state index in [-0.39, 0.29) is 5.91 Å². The molecule has 2 aromatic carbocycles. The molecule has 0 aliphatic carbocycles. The van der Waals surface area contributed by atoms with Gasteiger partial charge < -0.3 is 10.3 Å². The van der Waals surface area contributed by atoms with Crippen molar-refractivity contribution in [3.05, 3.63) is 64.8 Å². The molecular formula is C16H13ClN2O. The molecular weight excluding hydrogens is 272 g/mol. The summed E-state index contributed by atoms with van der Waals surface area (Å²) in [5.41, 5.74) is 3.31. The number of aromatic amines is 1. The number of halogens is 1. The van der Waals surface area contributed by atoms with E-state index in [0.29, 0.717) is 10.6 Å². The smallest absolute Gasteiger partial charge is 0.256 e.